The molecule has 0 saturated carbocycles. The molecule has 2 rings (SSSR count). The fourth-order valence-electron chi connectivity index (χ4n) is 2.13. The molecule has 0 atom stereocenters. The van der Waals surface area contributed by atoms with Crippen molar-refractivity contribution in [1.29, 1.82) is 0 Å². The van der Waals surface area contributed by atoms with Gasteiger partial charge in [-0.25, -0.2) is 0 Å². The van der Waals surface area contributed by atoms with Crippen molar-refractivity contribution in [3.8, 4) is 5.75 Å². The standard InChI is InChI=1S/C21H26N2O3/c1-21(2,3)20(25)23-14-19(24)22-13-16-9-11-18(12-10-16)26-15-17-7-5-4-6-8-17/h4-12H,13-15H2,1-3H3,(H,22,24)(H,23,25). The molecule has 0 aliphatic rings. The van der Waals surface area contributed by atoms with E-state index >= 15 is 0 Å². The highest BCUT2D eigenvalue weighted by Gasteiger charge is 2.21. The van der Waals surface area contributed by atoms with Gasteiger partial charge in [-0.1, -0.05) is 63.2 Å². The lowest BCUT2D eigenvalue weighted by Gasteiger charge is -2.17. The maximum absolute atomic E-state index is 11.8. The van der Waals surface area contributed by atoms with Crippen LogP contribution in [0, 0.1) is 5.41 Å². The van der Waals surface area contributed by atoms with Gasteiger partial charge in [-0.2, -0.15) is 0 Å². The van der Waals surface area contributed by atoms with Crippen LogP contribution in [0.3, 0.4) is 0 Å². The summed E-state index contributed by atoms with van der Waals surface area (Å²) in [4.78, 5) is 23.6. The molecular formula is C21H26N2O3. The summed E-state index contributed by atoms with van der Waals surface area (Å²) in [5.41, 5.74) is 1.57. The quantitative estimate of drug-likeness (QED) is 0.803. The van der Waals surface area contributed by atoms with Gasteiger partial charge in [-0.15, -0.1) is 0 Å². The number of hydrogen-bond acceptors (Lipinski definition) is 3. The van der Waals surface area contributed by atoms with Gasteiger partial charge in [-0.3, -0.25) is 9.59 Å². The highest BCUT2D eigenvalue weighted by molar-refractivity contribution is 5.87. The molecule has 26 heavy (non-hydrogen) atoms. The molecule has 5 heteroatoms. The summed E-state index contributed by atoms with van der Waals surface area (Å²) in [5, 5.41) is 5.42. The Hall–Kier alpha value is -2.82. The predicted octanol–water partition coefficient (Wildman–Crippen LogP) is 3.04. The van der Waals surface area contributed by atoms with E-state index < -0.39 is 5.41 Å². The van der Waals surface area contributed by atoms with E-state index in [2.05, 4.69) is 10.6 Å². The Morgan fingerprint density at radius 2 is 1.54 bits per heavy atom. The molecule has 0 spiro atoms. The molecule has 2 amide bonds. The maximum atomic E-state index is 11.8. The molecule has 0 unspecified atom stereocenters. The van der Waals surface area contributed by atoms with Gasteiger partial charge in [0.05, 0.1) is 6.54 Å². The summed E-state index contributed by atoms with van der Waals surface area (Å²) >= 11 is 0. The van der Waals surface area contributed by atoms with Crippen molar-refractivity contribution in [2.24, 2.45) is 5.41 Å². The van der Waals surface area contributed by atoms with E-state index in [1.54, 1.807) is 0 Å². The second kappa shape index (κ2) is 9.04. The zero-order valence-corrected chi connectivity index (χ0v) is 15.5. The van der Waals surface area contributed by atoms with E-state index in [1.807, 2.05) is 75.4 Å². The number of carbonyl (C=O) groups excluding carboxylic acids is 2. The monoisotopic (exact) mass is 354 g/mol. The third-order valence-electron chi connectivity index (χ3n) is 3.75. The molecule has 2 N–H and O–H groups in total. The molecule has 5 nitrogen and oxygen atoms in total. The summed E-state index contributed by atoms with van der Waals surface area (Å²) in [7, 11) is 0. The van der Waals surface area contributed by atoms with E-state index in [4.69, 9.17) is 4.74 Å². The number of carbonyl (C=O) groups is 2. The zero-order chi connectivity index (χ0) is 19.0. The first-order chi connectivity index (χ1) is 12.3. The Morgan fingerprint density at radius 3 is 2.15 bits per heavy atom. The van der Waals surface area contributed by atoms with Crippen LogP contribution in [0.2, 0.25) is 0 Å². The summed E-state index contributed by atoms with van der Waals surface area (Å²) in [6.45, 7) is 6.33. The second-order valence-electron chi connectivity index (χ2n) is 7.13. The molecule has 0 aromatic heterocycles. The van der Waals surface area contributed by atoms with E-state index in [9.17, 15) is 9.59 Å². The summed E-state index contributed by atoms with van der Waals surface area (Å²) in [5.74, 6) is 0.418. The van der Waals surface area contributed by atoms with Gasteiger partial charge in [0.25, 0.3) is 0 Å². The van der Waals surface area contributed by atoms with Crippen LogP contribution in [0.25, 0.3) is 0 Å². The Labute approximate surface area is 154 Å². The van der Waals surface area contributed by atoms with Gasteiger partial charge >= 0.3 is 0 Å². The van der Waals surface area contributed by atoms with E-state index in [1.165, 1.54) is 0 Å². The highest BCUT2D eigenvalue weighted by Crippen LogP contribution is 2.14. The first kappa shape index (κ1) is 19.5. The summed E-state index contributed by atoms with van der Waals surface area (Å²) in [6.07, 6.45) is 0. The zero-order valence-electron chi connectivity index (χ0n) is 15.5. The van der Waals surface area contributed by atoms with Crippen molar-refractivity contribution in [2.45, 2.75) is 33.9 Å². The first-order valence-electron chi connectivity index (χ1n) is 8.65. The fourth-order valence-corrected chi connectivity index (χ4v) is 2.13. The van der Waals surface area contributed by atoms with Crippen molar-refractivity contribution in [3.05, 3.63) is 65.7 Å². The summed E-state index contributed by atoms with van der Waals surface area (Å²) in [6, 6.07) is 17.6. The molecule has 0 heterocycles. The maximum Gasteiger partial charge on any atom is 0.239 e. The Morgan fingerprint density at radius 1 is 0.885 bits per heavy atom. The molecule has 0 fully saturated rings. The molecule has 2 aromatic carbocycles. The molecule has 2 aromatic rings. The van der Waals surface area contributed by atoms with Crippen LogP contribution in [-0.4, -0.2) is 18.4 Å². The predicted molar refractivity (Wildman–Crippen MR) is 102 cm³/mol. The van der Waals surface area contributed by atoms with Gasteiger partial charge in [-0.05, 0) is 23.3 Å². The van der Waals surface area contributed by atoms with Gasteiger partial charge in [0.15, 0.2) is 0 Å². The van der Waals surface area contributed by atoms with Crippen LogP contribution < -0.4 is 15.4 Å². The van der Waals surface area contributed by atoms with Crippen LogP contribution in [0.4, 0.5) is 0 Å². The van der Waals surface area contributed by atoms with Crippen LogP contribution >= 0.6 is 0 Å². The smallest absolute Gasteiger partial charge is 0.239 e. The Bertz CT molecular complexity index is 719. The van der Waals surface area contributed by atoms with Gasteiger partial charge in [0.1, 0.15) is 12.4 Å². The normalized spacial score (nSPS) is 10.9. The lowest BCUT2D eigenvalue weighted by atomic mass is 9.96. The SMILES string of the molecule is CC(C)(C)C(=O)NCC(=O)NCc1ccc(OCc2ccccc2)cc1. The molecule has 0 radical (unpaired) electrons. The third kappa shape index (κ3) is 6.59. The van der Waals surface area contributed by atoms with Crippen molar-refractivity contribution >= 4 is 11.8 Å². The second-order valence-corrected chi connectivity index (χ2v) is 7.13. The fraction of sp³-hybridized carbons (Fsp3) is 0.333. The van der Waals surface area contributed by atoms with Crippen LogP contribution in [0.1, 0.15) is 31.9 Å². The van der Waals surface area contributed by atoms with E-state index in [0.29, 0.717) is 13.2 Å². The van der Waals surface area contributed by atoms with Crippen molar-refractivity contribution in [3.63, 3.8) is 0 Å². The topological polar surface area (TPSA) is 67.4 Å². The minimum atomic E-state index is -0.504. The van der Waals surface area contributed by atoms with Crippen LogP contribution in [0.5, 0.6) is 5.75 Å². The molecule has 0 aliphatic heterocycles. The van der Waals surface area contributed by atoms with Gasteiger partial charge in [0, 0.05) is 12.0 Å². The summed E-state index contributed by atoms with van der Waals surface area (Å²) < 4.78 is 5.73. The largest absolute Gasteiger partial charge is 0.489 e. The van der Waals surface area contributed by atoms with Gasteiger partial charge in [0.2, 0.25) is 11.8 Å². The minimum Gasteiger partial charge on any atom is -0.489 e. The van der Waals surface area contributed by atoms with Crippen LogP contribution in [-0.2, 0) is 22.7 Å². The number of hydrogen-bond donors (Lipinski definition) is 2. The average Bonchev–Trinajstić information content (AvgIpc) is 2.63. The van der Waals surface area contributed by atoms with Crippen molar-refractivity contribution in [1.82, 2.24) is 10.6 Å². The number of rotatable bonds is 7. The highest BCUT2D eigenvalue weighted by atomic mass is 16.5. The lowest BCUT2D eigenvalue weighted by Crippen LogP contribution is -2.41. The Kier molecular flexibility index (Phi) is 6.78. The van der Waals surface area contributed by atoms with Crippen LogP contribution in [0.15, 0.2) is 54.6 Å². The number of benzene rings is 2. The molecule has 0 saturated heterocycles. The lowest BCUT2D eigenvalue weighted by molar-refractivity contribution is -0.131. The number of ether oxygens (including phenoxy) is 1. The van der Waals surface area contributed by atoms with Crippen molar-refractivity contribution in [2.75, 3.05) is 6.54 Å². The van der Waals surface area contributed by atoms with Gasteiger partial charge < -0.3 is 15.4 Å². The van der Waals surface area contributed by atoms with Crippen molar-refractivity contribution < 1.29 is 14.3 Å². The minimum absolute atomic E-state index is 0.0195. The molecular weight excluding hydrogens is 328 g/mol. The number of nitrogens with one attached hydrogen (secondary N) is 2. The first-order valence-corrected chi connectivity index (χ1v) is 8.65. The third-order valence-corrected chi connectivity index (χ3v) is 3.75. The molecule has 0 aliphatic carbocycles. The molecule has 138 valence electrons. The molecule has 0 bridgehead atoms. The Balaban J connectivity index is 1.73. The average molecular weight is 354 g/mol. The van der Waals surface area contributed by atoms with E-state index in [0.717, 1.165) is 16.9 Å². The van der Waals surface area contributed by atoms with E-state index in [-0.39, 0.29) is 18.4 Å². The number of amides is 2.